The quantitative estimate of drug-likeness (QED) is 0.589. The summed E-state index contributed by atoms with van der Waals surface area (Å²) in [6.45, 7) is 12.8. The zero-order valence-corrected chi connectivity index (χ0v) is 16.0. The summed E-state index contributed by atoms with van der Waals surface area (Å²) in [4.78, 5) is 18.7. The summed E-state index contributed by atoms with van der Waals surface area (Å²) >= 11 is 0. The SMILES string of the molecule is C=CCCCC(ON1C(C)(C)CNC(=O)CC1(C)C)c1ccccc1. The van der Waals surface area contributed by atoms with E-state index < -0.39 is 0 Å². The van der Waals surface area contributed by atoms with Crippen LogP contribution in [0.25, 0.3) is 0 Å². The standard InChI is InChI=1S/C21H32N2O2/c1-6-7-9-14-18(17-12-10-8-11-13-17)25-23-20(2,3)15-19(24)22-16-21(23,4)5/h6,8,10-13,18H,1,7,9,14-16H2,2-5H3,(H,22,24). The lowest BCUT2D eigenvalue weighted by atomic mass is 9.95. The molecule has 1 amide bonds. The second kappa shape index (κ2) is 8.15. The summed E-state index contributed by atoms with van der Waals surface area (Å²) < 4.78 is 0. The molecule has 1 aliphatic rings. The maximum Gasteiger partial charge on any atom is 0.221 e. The predicted octanol–water partition coefficient (Wildman–Crippen LogP) is 4.39. The summed E-state index contributed by atoms with van der Waals surface area (Å²) in [7, 11) is 0. The summed E-state index contributed by atoms with van der Waals surface area (Å²) in [5.41, 5.74) is 0.498. The molecule has 1 atom stereocenters. The molecule has 138 valence electrons. The minimum absolute atomic E-state index is 0.0343. The molecule has 4 nitrogen and oxygen atoms in total. The molecule has 1 N–H and O–H groups in total. The first-order valence-corrected chi connectivity index (χ1v) is 9.16. The third-order valence-electron chi connectivity index (χ3n) is 4.69. The van der Waals surface area contributed by atoms with Gasteiger partial charge in [0, 0.05) is 13.0 Å². The Kier molecular flexibility index (Phi) is 6.42. The average Bonchev–Trinajstić information content (AvgIpc) is 2.63. The van der Waals surface area contributed by atoms with Crippen LogP contribution in [-0.2, 0) is 9.63 Å². The second-order valence-corrected chi connectivity index (χ2v) is 8.10. The van der Waals surface area contributed by atoms with Gasteiger partial charge in [-0.3, -0.25) is 9.63 Å². The number of amides is 1. The van der Waals surface area contributed by atoms with Crippen LogP contribution in [0.3, 0.4) is 0 Å². The van der Waals surface area contributed by atoms with Crippen molar-refractivity contribution in [2.45, 2.75) is 70.6 Å². The van der Waals surface area contributed by atoms with E-state index in [4.69, 9.17) is 4.84 Å². The topological polar surface area (TPSA) is 41.6 Å². The lowest BCUT2D eigenvalue weighted by Gasteiger charge is -2.46. The zero-order valence-electron chi connectivity index (χ0n) is 16.0. The molecule has 0 aromatic heterocycles. The normalized spacial score (nSPS) is 21.2. The van der Waals surface area contributed by atoms with Gasteiger partial charge in [0.05, 0.1) is 11.1 Å². The number of allylic oxidation sites excluding steroid dienone is 1. The molecule has 0 radical (unpaired) electrons. The highest BCUT2D eigenvalue weighted by Crippen LogP contribution is 2.35. The number of nitrogens with zero attached hydrogens (tertiary/aromatic N) is 1. The van der Waals surface area contributed by atoms with E-state index in [0.29, 0.717) is 13.0 Å². The molecule has 0 bridgehead atoms. The lowest BCUT2D eigenvalue weighted by molar-refractivity contribution is -0.290. The van der Waals surface area contributed by atoms with Gasteiger partial charge in [0.25, 0.3) is 0 Å². The molecule has 0 aliphatic carbocycles. The van der Waals surface area contributed by atoms with E-state index in [9.17, 15) is 4.79 Å². The van der Waals surface area contributed by atoms with Crippen molar-refractivity contribution in [1.82, 2.24) is 10.4 Å². The van der Waals surface area contributed by atoms with Gasteiger partial charge >= 0.3 is 0 Å². The first-order valence-electron chi connectivity index (χ1n) is 9.16. The largest absolute Gasteiger partial charge is 0.354 e. The van der Waals surface area contributed by atoms with Crippen LogP contribution in [0.4, 0.5) is 0 Å². The van der Waals surface area contributed by atoms with Gasteiger partial charge in [-0.2, -0.15) is 5.06 Å². The van der Waals surface area contributed by atoms with Crippen LogP contribution in [0, 0.1) is 0 Å². The summed E-state index contributed by atoms with van der Waals surface area (Å²) in [6, 6.07) is 10.3. The number of rotatable bonds is 7. The van der Waals surface area contributed by atoms with Gasteiger partial charge in [0.15, 0.2) is 0 Å². The molecule has 1 heterocycles. The van der Waals surface area contributed by atoms with Gasteiger partial charge in [0.1, 0.15) is 6.10 Å². The minimum Gasteiger partial charge on any atom is -0.354 e. The number of benzene rings is 1. The maximum atomic E-state index is 12.1. The van der Waals surface area contributed by atoms with E-state index in [-0.39, 0.29) is 23.1 Å². The second-order valence-electron chi connectivity index (χ2n) is 8.10. The number of hydrogen-bond donors (Lipinski definition) is 1. The van der Waals surface area contributed by atoms with Crippen LogP contribution in [0.1, 0.15) is 65.0 Å². The molecule has 1 aromatic carbocycles. The van der Waals surface area contributed by atoms with E-state index >= 15 is 0 Å². The summed E-state index contributed by atoms with van der Waals surface area (Å²) in [5, 5.41) is 5.06. The van der Waals surface area contributed by atoms with Crippen molar-refractivity contribution in [3.8, 4) is 0 Å². The van der Waals surface area contributed by atoms with Crippen LogP contribution in [0.15, 0.2) is 43.0 Å². The predicted molar refractivity (Wildman–Crippen MR) is 102 cm³/mol. The summed E-state index contributed by atoms with van der Waals surface area (Å²) in [6.07, 6.45) is 5.25. The molecular weight excluding hydrogens is 312 g/mol. The van der Waals surface area contributed by atoms with E-state index in [0.717, 1.165) is 19.3 Å². The van der Waals surface area contributed by atoms with Crippen molar-refractivity contribution >= 4 is 5.91 Å². The number of hydrogen-bond acceptors (Lipinski definition) is 3. The van der Waals surface area contributed by atoms with E-state index in [1.807, 2.05) is 29.3 Å². The minimum atomic E-state index is -0.379. The van der Waals surface area contributed by atoms with Gasteiger partial charge in [0.2, 0.25) is 5.91 Å². The van der Waals surface area contributed by atoms with E-state index in [2.05, 4.69) is 51.7 Å². The smallest absolute Gasteiger partial charge is 0.221 e. The molecular formula is C21H32N2O2. The van der Waals surface area contributed by atoms with Crippen LogP contribution in [0.5, 0.6) is 0 Å². The zero-order chi connectivity index (χ0) is 18.5. The Bertz CT molecular complexity index is 581. The molecule has 2 rings (SSSR count). The highest BCUT2D eigenvalue weighted by Gasteiger charge is 2.44. The average molecular weight is 344 g/mol. The third kappa shape index (κ3) is 5.16. The van der Waals surface area contributed by atoms with Crippen molar-refractivity contribution in [2.24, 2.45) is 0 Å². The fourth-order valence-corrected chi connectivity index (χ4v) is 3.54. The van der Waals surface area contributed by atoms with Gasteiger partial charge < -0.3 is 5.32 Å². The van der Waals surface area contributed by atoms with Gasteiger partial charge in [-0.05, 0) is 52.5 Å². The number of hydroxylamine groups is 2. The molecule has 4 heteroatoms. The number of carbonyl (C=O) groups is 1. The van der Waals surface area contributed by atoms with Crippen LogP contribution >= 0.6 is 0 Å². The molecule has 1 unspecified atom stereocenters. The molecule has 25 heavy (non-hydrogen) atoms. The maximum absolute atomic E-state index is 12.1. The molecule has 1 aliphatic heterocycles. The van der Waals surface area contributed by atoms with Crippen LogP contribution in [-0.4, -0.2) is 28.6 Å². The van der Waals surface area contributed by atoms with Gasteiger partial charge in [-0.15, -0.1) is 6.58 Å². The third-order valence-corrected chi connectivity index (χ3v) is 4.69. The highest BCUT2D eigenvalue weighted by atomic mass is 16.7. The Morgan fingerprint density at radius 2 is 1.92 bits per heavy atom. The molecule has 1 fully saturated rings. The van der Waals surface area contributed by atoms with Crippen LogP contribution in [0.2, 0.25) is 0 Å². The lowest BCUT2D eigenvalue weighted by Crippen LogP contribution is -2.56. The van der Waals surface area contributed by atoms with E-state index in [1.54, 1.807) is 0 Å². The van der Waals surface area contributed by atoms with Gasteiger partial charge in [-0.1, -0.05) is 36.4 Å². The first-order chi connectivity index (χ1) is 11.8. The number of nitrogens with one attached hydrogen (secondary N) is 1. The van der Waals surface area contributed by atoms with Crippen molar-refractivity contribution in [2.75, 3.05) is 6.54 Å². The first kappa shape index (κ1) is 19.7. The molecule has 1 saturated heterocycles. The Hall–Kier alpha value is -1.65. The Balaban J connectivity index is 2.27. The Morgan fingerprint density at radius 3 is 2.56 bits per heavy atom. The number of unbranched alkanes of at least 4 members (excludes halogenated alkanes) is 1. The fourth-order valence-electron chi connectivity index (χ4n) is 3.54. The van der Waals surface area contributed by atoms with Crippen molar-refractivity contribution in [3.63, 3.8) is 0 Å². The fraction of sp³-hybridized carbons (Fsp3) is 0.571. The monoisotopic (exact) mass is 344 g/mol. The Labute approximate surface area is 152 Å². The molecule has 0 saturated carbocycles. The molecule has 0 spiro atoms. The highest BCUT2D eigenvalue weighted by molar-refractivity contribution is 5.77. The van der Waals surface area contributed by atoms with Crippen molar-refractivity contribution in [1.29, 1.82) is 0 Å². The molecule has 1 aromatic rings. The van der Waals surface area contributed by atoms with Crippen LogP contribution < -0.4 is 5.32 Å². The number of carbonyl (C=O) groups excluding carboxylic acids is 1. The van der Waals surface area contributed by atoms with E-state index in [1.165, 1.54) is 5.56 Å². The Morgan fingerprint density at radius 1 is 1.24 bits per heavy atom. The van der Waals surface area contributed by atoms with Crippen molar-refractivity contribution in [3.05, 3.63) is 48.6 Å². The summed E-state index contributed by atoms with van der Waals surface area (Å²) in [5.74, 6) is 0.0760. The van der Waals surface area contributed by atoms with Gasteiger partial charge in [-0.25, -0.2) is 0 Å². The van der Waals surface area contributed by atoms with Crippen molar-refractivity contribution < 1.29 is 9.63 Å².